The molecule has 0 radical (unpaired) electrons. The summed E-state index contributed by atoms with van der Waals surface area (Å²) < 4.78 is 0. The lowest BCUT2D eigenvalue weighted by Gasteiger charge is -2.41. The van der Waals surface area contributed by atoms with E-state index in [9.17, 15) is 0 Å². The largest absolute Gasteiger partial charge is 0.175 e. The highest BCUT2D eigenvalue weighted by Gasteiger charge is 2.62. The monoisotopic (exact) mass is 334 g/mol. The maximum absolute atomic E-state index is 5.00. The molecule has 22 heavy (non-hydrogen) atoms. The molecule has 122 valence electrons. The van der Waals surface area contributed by atoms with E-state index in [2.05, 4.69) is 58.5 Å². The van der Waals surface area contributed by atoms with Gasteiger partial charge in [-0.1, -0.05) is 31.5 Å². The summed E-state index contributed by atoms with van der Waals surface area (Å²) in [5.74, 6) is 3.33. The van der Waals surface area contributed by atoms with Crippen molar-refractivity contribution in [3.8, 4) is 0 Å². The summed E-state index contributed by atoms with van der Waals surface area (Å²) in [6, 6.07) is 4.65. The van der Waals surface area contributed by atoms with E-state index in [1.54, 1.807) is 5.56 Å². The quantitative estimate of drug-likeness (QED) is 0.662. The third-order valence-corrected chi connectivity index (χ3v) is 8.75. The zero-order chi connectivity index (χ0) is 16.1. The number of thiol groups is 1. The van der Waals surface area contributed by atoms with Gasteiger partial charge >= 0.3 is 0 Å². The second kappa shape index (κ2) is 5.77. The first-order chi connectivity index (χ1) is 10.3. The van der Waals surface area contributed by atoms with E-state index in [4.69, 9.17) is 12.6 Å². The Morgan fingerprint density at radius 3 is 2.32 bits per heavy atom. The Bertz CT molecular complexity index is 552. The molecule has 3 atom stereocenters. The third-order valence-electron chi connectivity index (χ3n) is 6.83. The van der Waals surface area contributed by atoms with Gasteiger partial charge in [-0.3, -0.25) is 0 Å². The van der Waals surface area contributed by atoms with E-state index in [1.807, 2.05) is 0 Å². The summed E-state index contributed by atoms with van der Waals surface area (Å²) in [6.45, 7) is 11.7. The molecule has 0 nitrogen and oxygen atoms in total. The first-order valence-corrected chi connectivity index (χ1v) is 10.3. The number of hydrogen-bond donors (Lipinski definition) is 1. The van der Waals surface area contributed by atoms with Crippen molar-refractivity contribution in [2.75, 3.05) is 5.75 Å². The fourth-order valence-electron chi connectivity index (χ4n) is 5.15. The van der Waals surface area contributed by atoms with Gasteiger partial charge in [-0.05, 0) is 73.5 Å². The molecule has 1 aromatic carbocycles. The van der Waals surface area contributed by atoms with E-state index in [0.29, 0.717) is 16.1 Å². The molecule has 0 heterocycles. The highest BCUT2D eigenvalue weighted by molar-refractivity contribution is 7.98. The number of benzene rings is 1. The number of thioether (sulfide) groups is 1. The minimum atomic E-state index is 0.456. The predicted octanol–water partition coefficient (Wildman–Crippen LogP) is 5.97. The highest BCUT2D eigenvalue weighted by Crippen LogP contribution is 2.68. The normalized spacial score (nSPS) is 32.6. The molecule has 2 aliphatic carbocycles. The molecule has 2 saturated carbocycles. The van der Waals surface area contributed by atoms with Gasteiger partial charge in [0.15, 0.2) is 0 Å². The first kappa shape index (κ1) is 16.8. The molecule has 0 saturated heterocycles. The fraction of sp³-hybridized carbons (Fsp3) is 0.700. The summed E-state index contributed by atoms with van der Waals surface area (Å²) in [4.78, 5) is 0. The maximum atomic E-state index is 5.00. The molecule has 2 aliphatic rings. The van der Waals surface area contributed by atoms with Crippen molar-refractivity contribution in [2.45, 2.75) is 64.9 Å². The van der Waals surface area contributed by atoms with Crippen LogP contribution in [-0.2, 0) is 5.75 Å². The Morgan fingerprint density at radius 1 is 1.18 bits per heavy atom. The van der Waals surface area contributed by atoms with Crippen molar-refractivity contribution >= 4 is 24.4 Å². The van der Waals surface area contributed by atoms with Crippen LogP contribution in [0.25, 0.3) is 0 Å². The smallest absolute Gasteiger partial charge is 0.0190 e. The fourth-order valence-corrected chi connectivity index (χ4v) is 7.93. The molecule has 0 spiro atoms. The van der Waals surface area contributed by atoms with Gasteiger partial charge in [0.2, 0.25) is 0 Å². The van der Waals surface area contributed by atoms with Crippen LogP contribution in [-0.4, -0.2) is 11.0 Å². The Morgan fingerprint density at radius 2 is 1.82 bits per heavy atom. The van der Waals surface area contributed by atoms with Crippen LogP contribution in [0.3, 0.4) is 0 Å². The van der Waals surface area contributed by atoms with Crippen LogP contribution in [0.15, 0.2) is 12.1 Å². The second-order valence-electron chi connectivity index (χ2n) is 8.23. The first-order valence-electron chi connectivity index (χ1n) is 8.60. The van der Waals surface area contributed by atoms with E-state index in [-0.39, 0.29) is 0 Å². The minimum Gasteiger partial charge on any atom is -0.175 e. The molecule has 0 N–H and O–H groups in total. The topological polar surface area (TPSA) is 0 Å². The van der Waals surface area contributed by atoms with E-state index in [0.717, 1.165) is 11.7 Å². The molecule has 1 aromatic rings. The van der Waals surface area contributed by atoms with Gasteiger partial charge < -0.3 is 0 Å². The van der Waals surface area contributed by atoms with Crippen molar-refractivity contribution in [1.29, 1.82) is 0 Å². The van der Waals surface area contributed by atoms with Crippen LogP contribution < -0.4 is 0 Å². The van der Waals surface area contributed by atoms with Gasteiger partial charge in [0.25, 0.3) is 0 Å². The van der Waals surface area contributed by atoms with Crippen LogP contribution in [0.4, 0.5) is 0 Å². The van der Waals surface area contributed by atoms with E-state index < -0.39 is 0 Å². The molecular weight excluding hydrogens is 304 g/mol. The molecular formula is C20H30S2. The van der Waals surface area contributed by atoms with Crippen LogP contribution in [0.2, 0.25) is 0 Å². The predicted molar refractivity (Wildman–Crippen MR) is 103 cm³/mol. The Balaban J connectivity index is 1.71. The Hall–Kier alpha value is -0.0800. The zero-order valence-corrected chi connectivity index (χ0v) is 16.4. The summed E-state index contributed by atoms with van der Waals surface area (Å²) in [5, 5.41) is 0.606. The van der Waals surface area contributed by atoms with Crippen LogP contribution >= 0.6 is 24.4 Å². The summed E-state index contributed by atoms with van der Waals surface area (Å²) >= 11 is 7.14. The number of aryl methyl sites for hydroxylation is 3. The van der Waals surface area contributed by atoms with Crippen molar-refractivity contribution in [2.24, 2.45) is 16.7 Å². The van der Waals surface area contributed by atoms with E-state index >= 15 is 0 Å². The van der Waals surface area contributed by atoms with Gasteiger partial charge in [-0.25, -0.2) is 0 Å². The second-order valence-corrected chi connectivity index (χ2v) is 9.84. The van der Waals surface area contributed by atoms with Gasteiger partial charge in [0.05, 0.1) is 0 Å². The van der Waals surface area contributed by atoms with Crippen LogP contribution in [0, 0.1) is 37.5 Å². The molecule has 0 aliphatic heterocycles. The van der Waals surface area contributed by atoms with Gasteiger partial charge in [-0.15, -0.1) is 0 Å². The minimum absolute atomic E-state index is 0.456. The zero-order valence-electron chi connectivity index (χ0n) is 14.7. The highest BCUT2D eigenvalue weighted by atomic mass is 32.2. The molecule has 0 amide bonds. The van der Waals surface area contributed by atoms with Crippen LogP contribution in [0.1, 0.15) is 55.4 Å². The summed E-state index contributed by atoms with van der Waals surface area (Å²) in [7, 11) is 0. The molecule has 2 fully saturated rings. The lowest BCUT2D eigenvalue weighted by atomic mass is 9.70. The molecule has 2 bridgehead atoms. The average Bonchev–Trinajstić information content (AvgIpc) is 2.76. The van der Waals surface area contributed by atoms with E-state index in [1.165, 1.54) is 41.7 Å². The van der Waals surface area contributed by atoms with Gasteiger partial charge in [0.1, 0.15) is 0 Å². The Kier molecular flexibility index (Phi) is 4.40. The lowest BCUT2D eigenvalue weighted by molar-refractivity contribution is 0.162. The van der Waals surface area contributed by atoms with Crippen molar-refractivity contribution < 1.29 is 0 Å². The SMILES string of the molecule is Cc1cc(C)c(CSC[C@]23CC[C@H](C[C@H]2S)C3(C)C)c(C)c1. The van der Waals surface area contributed by atoms with Crippen molar-refractivity contribution in [3.63, 3.8) is 0 Å². The lowest BCUT2D eigenvalue weighted by Crippen LogP contribution is -2.38. The average molecular weight is 335 g/mol. The van der Waals surface area contributed by atoms with Gasteiger partial charge in [0, 0.05) is 16.8 Å². The molecule has 2 heteroatoms. The van der Waals surface area contributed by atoms with Crippen molar-refractivity contribution in [3.05, 3.63) is 34.4 Å². The molecule has 3 rings (SSSR count). The Labute approximate surface area is 146 Å². The maximum Gasteiger partial charge on any atom is 0.0190 e. The number of fused-ring (bicyclic) bond motifs is 2. The van der Waals surface area contributed by atoms with Crippen LogP contribution in [0.5, 0.6) is 0 Å². The standard InChI is InChI=1S/C20H30S2/c1-13-8-14(2)17(15(3)9-13)11-22-12-20-7-6-16(10-18(20)21)19(20,4)5/h8-9,16,18,21H,6-7,10-12H2,1-5H3/t16-,18-,20-/m1/s1. The summed E-state index contributed by atoms with van der Waals surface area (Å²) in [6.07, 6.45) is 4.14. The molecule has 0 unspecified atom stereocenters. The molecule has 0 aromatic heterocycles. The number of rotatable bonds is 4. The summed E-state index contributed by atoms with van der Waals surface area (Å²) in [5.41, 5.74) is 6.78. The number of hydrogen-bond acceptors (Lipinski definition) is 2. The van der Waals surface area contributed by atoms with Gasteiger partial charge in [-0.2, -0.15) is 24.4 Å². The third kappa shape index (κ3) is 2.45. The van der Waals surface area contributed by atoms with Crippen molar-refractivity contribution in [1.82, 2.24) is 0 Å².